The molecule has 1 fully saturated rings. The number of phosphoric ester groups is 1. The van der Waals surface area contributed by atoms with Crippen molar-refractivity contribution in [2.75, 3.05) is 12.3 Å². The molecule has 4 atom stereocenters. The van der Waals surface area contributed by atoms with Gasteiger partial charge in [0.25, 0.3) is 5.56 Å². The lowest BCUT2D eigenvalue weighted by atomic mass is 10.1. The Morgan fingerprint density at radius 3 is 2.79 bits per heavy atom. The van der Waals surface area contributed by atoms with Crippen molar-refractivity contribution >= 4 is 24.9 Å². The number of fused-ring (bicyclic) bond motifs is 1. The molecule has 2 aromatic heterocycles. The van der Waals surface area contributed by atoms with Crippen molar-refractivity contribution in [3.8, 4) is 0 Å². The summed E-state index contributed by atoms with van der Waals surface area (Å²) in [5, 5.41) is 20.1. The first-order valence-corrected chi connectivity index (χ1v) is 8.14. The molecular weight excluding hydrogens is 349 g/mol. The topological polar surface area (TPSA) is 206 Å². The highest BCUT2D eigenvalue weighted by molar-refractivity contribution is 7.46. The molecule has 0 aromatic carbocycles. The number of ether oxygens (including phenoxy) is 1. The van der Waals surface area contributed by atoms with Gasteiger partial charge in [0.15, 0.2) is 17.4 Å². The standard InChI is InChI=1S/C10H14N5O8P/c11-10-13-7-4(8(18)14-10)12-2-15(7)9-6(17)5(16)3(23-9)1-22-24(19,20)21/h2-3,5-6,9,16-17H,1H2,(H2,19,20,21)(H3,11,13,14,18)/t3-,5?,6+,9-/m1/s1. The van der Waals surface area contributed by atoms with Crippen LogP contribution < -0.4 is 11.3 Å². The van der Waals surface area contributed by atoms with Gasteiger partial charge in [0.1, 0.15) is 18.3 Å². The van der Waals surface area contributed by atoms with E-state index in [1.807, 2.05) is 0 Å². The molecule has 1 unspecified atom stereocenters. The van der Waals surface area contributed by atoms with Gasteiger partial charge in [-0.05, 0) is 0 Å². The van der Waals surface area contributed by atoms with Crippen LogP contribution in [0.5, 0.6) is 0 Å². The Morgan fingerprint density at radius 2 is 2.12 bits per heavy atom. The molecular formula is C10H14N5O8P. The largest absolute Gasteiger partial charge is 0.469 e. The summed E-state index contributed by atoms with van der Waals surface area (Å²) < 4.78 is 21.6. The molecule has 0 bridgehead atoms. The summed E-state index contributed by atoms with van der Waals surface area (Å²) in [7, 11) is -4.76. The second-order valence-electron chi connectivity index (χ2n) is 5.11. The molecule has 3 rings (SSSR count). The highest BCUT2D eigenvalue weighted by Crippen LogP contribution is 2.38. The van der Waals surface area contributed by atoms with Gasteiger partial charge in [-0.3, -0.25) is 18.9 Å². The van der Waals surface area contributed by atoms with Gasteiger partial charge in [0, 0.05) is 0 Å². The third-order valence-electron chi connectivity index (χ3n) is 3.47. The minimum atomic E-state index is -4.76. The van der Waals surface area contributed by atoms with Crippen molar-refractivity contribution in [2.24, 2.45) is 0 Å². The van der Waals surface area contributed by atoms with Gasteiger partial charge in [-0.2, -0.15) is 4.98 Å². The van der Waals surface area contributed by atoms with Gasteiger partial charge in [-0.1, -0.05) is 0 Å². The second kappa shape index (κ2) is 5.89. The smallest absolute Gasteiger partial charge is 0.387 e. The Bertz CT molecular complexity index is 861. The monoisotopic (exact) mass is 363 g/mol. The van der Waals surface area contributed by atoms with Gasteiger partial charge >= 0.3 is 7.82 Å². The van der Waals surface area contributed by atoms with E-state index in [-0.39, 0.29) is 17.1 Å². The van der Waals surface area contributed by atoms with Crippen molar-refractivity contribution < 1.29 is 33.8 Å². The summed E-state index contributed by atoms with van der Waals surface area (Å²) in [4.78, 5) is 39.1. The second-order valence-corrected chi connectivity index (χ2v) is 6.35. The number of hydrogen-bond acceptors (Lipinski definition) is 9. The van der Waals surface area contributed by atoms with Crippen LogP contribution in [0.15, 0.2) is 11.1 Å². The van der Waals surface area contributed by atoms with Crippen molar-refractivity contribution in [2.45, 2.75) is 24.5 Å². The summed E-state index contributed by atoms with van der Waals surface area (Å²) in [6.07, 6.45) is -4.22. The number of H-pyrrole nitrogens is 1. The van der Waals surface area contributed by atoms with E-state index in [0.29, 0.717) is 0 Å². The van der Waals surface area contributed by atoms with Crippen LogP contribution in [0, 0.1) is 0 Å². The molecule has 1 aliphatic rings. The molecule has 7 N–H and O–H groups in total. The Hall–Kier alpha value is -1.86. The van der Waals surface area contributed by atoms with E-state index in [4.69, 9.17) is 20.3 Å². The number of anilines is 1. The molecule has 0 radical (unpaired) electrons. The number of aromatic amines is 1. The van der Waals surface area contributed by atoms with Crippen LogP contribution in [0.1, 0.15) is 6.23 Å². The maximum atomic E-state index is 11.7. The van der Waals surface area contributed by atoms with E-state index in [1.54, 1.807) is 0 Å². The van der Waals surface area contributed by atoms with Gasteiger partial charge in [-0.15, -0.1) is 0 Å². The minimum Gasteiger partial charge on any atom is -0.387 e. The average Bonchev–Trinajstić information content (AvgIpc) is 3.00. The van der Waals surface area contributed by atoms with Crippen molar-refractivity contribution in [3.05, 3.63) is 16.7 Å². The van der Waals surface area contributed by atoms with Crippen molar-refractivity contribution in [1.29, 1.82) is 0 Å². The molecule has 1 aliphatic heterocycles. The highest BCUT2D eigenvalue weighted by atomic mass is 31.2. The first-order chi connectivity index (χ1) is 11.2. The molecule has 2 aromatic rings. The fourth-order valence-corrected chi connectivity index (χ4v) is 2.74. The number of aliphatic hydroxyl groups is 2. The number of nitrogen functional groups attached to an aromatic ring is 1. The van der Waals surface area contributed by atoms with Crippen molar-refractivity contribution in [3.63, 3.8) is 0 Å². The Morgan fingerprint density at radius 1 is 1.42 bits per heavy atom. The van der Waals surface area contributed by atoms with Crippen LogP contribution in [0.4, 0.5) is 5.95 Å². The summed E-state index contributed by atoms with van der Waals surface area (Å²) in [5.41, 5.74) is 4.84. The summed E-state index contributed by atoms with van der Waals surface area (Å²) in [5.74, 6) is -0.177. The summed E-state index contributed by atoms with van der Waals surface area (Å²) >= 11 is 0. The van der Waals surface area contributed by atoms with E-state index in [0.717, 1.165) is 0 Å². The van der Waals surface area contributed by atoms with Gasteiger partial charge < -0.3 is 30.5 Å². The molecule has 0 amide bonds. The fourth-order valence-electron chi connectivity index (χ4n) is 2.40. The predicted molar refractivity (Wildman–Crippen MR) is 76.5 cm³/mol. The average molecular weight is 363 g/mol. The third-order valence-corrected chi connectivity index (χ3v) is 3.95. The number of nitrogens with zero attached hydrogens (tertiary/aromatic N) is 3. The third kappa shape index (κ3) is 3.06. The Balaban J connectivity index is 1.90. The zero-order chi connectivity index (χ0) is 17.6. The Kier molecular flexibility index (Phi) is 4.17. The lowest BCUT2D eigenvalue weighted by molar-refractivity contribution is -0.0503. The van der Waals surface area contributed by atoms with E-state index in [1.165, 1.54) is 10.9 Å². The number of aromatic nitrogens is 4. The number of hydrogen-bond donors (Lipinski definition) is 6. The molecule has 1 saturated heterocycles. The van der Waals surface area contributed by atoms with E-state index in [2.05, 4.69) is 19.5 Å². The maximum absolute atomic E-state index is 11.7. The van der Waals surface area contributed by atoms with Crippen LogP contribution in [0.3, 0.4) is 0 Å². The number of rotatable bonds is 4. The molecule has 14 heteroatoms. The van der Waals surface area contributed by atoms with Gasteiger partial charge in [0.05, 0.1) is 12.9 Å². The SMILES string of the molecule is Nc1nc2c(ncn2[C@@H]2O[C@H](COP(=O)(O)O)C(O)[C@@H]2O)c(=O)[nH]1. The van der Waals surface area contributed by atoms with Crippen LogP contribution in [-0.2, 0) is 13.8 Å². The summed E-state index contributed by atoms with van der Waals surface area (Å²) in [6, 6.07) is 0. The first-order valence-electron chi connectivity index (χ1n) is 6.61. The van der Waals surface area contributed by atoms with E-state index >= 15 is 0 Å². The lowest BCUT2D eigenvalue weighted by Gasteiger charge is -2.16. The van der Waals surface area contributed by atoms with Crippen molar-refractivity contribution in [1.82, 2.24) is 19.5 Å². The van der Waals surface area contributed by atoms with E-state index in [9.17, 15) is 19.6 Å². The molecule has 24 heavy (non-hydrogen) atoms. The number of imidazole rings is 1. The molecule has 132 valence electrons. The number of nitrogens with two attached hydrogens (primary N) is 1. The van der Waals surface area contributed by atoms with Crippen LogP contribution >= 0.6 is 7.82 Å². The molecule has 0 spiro atoms. The van der Waals surface area contributed by atoms with Gasteiger partial charge in [0.2, 0.25) is 5.95 Å². The zero-order valence-electron chi connectivity index (χ0n) is 11.9. The fraction of sp³-hybridized carbons (Fsp3) is 0.500. The number of phosphoric acid groups is 1. The lowest BCUT2D eigenvalue weighted by Crippen LogP contribution is -2.33. The first kappa shape index (κ1) is 17.0. The quantitative estimate of drug-likeness (QED) is 0.311. The molecule has 0 aliphatic carbocycles. The van der Waals surface area contributed by atoms with Gasteiger partial charge in [-0.25, -0.2) is 9.55 Å². The number of nitrogens with one attached hydrogen (secondary N) is 1. The minimum absolute atomic E-state index is 0.0176. The predicted octanol–water partition coefficient (Wildman–Crippen LogP) is -2.57. The maximum Gasteiger partial charge on any atom is 0.469 e. The Labute approximate surface area is 132 Å². The van der Waals surface area contributed by atoms with E-state index < -0.39 is 44.5 Å². The van der Waals surface area contributed by atoms with Crippen LogP contribution in [0.25, 0.3) is 11.2 Å². The van der Waals surface area contributed by atoms with Crippen LogP contribution in [0.2, 0.25) is 0 Å². The number of aliphatic hydroxyl groups excluding tert-OH is 2. The molecule has 13 nitrogen and oxygen atoms in total. The normalized spacial score (nSPS) is 27.8. The summed E-state index contributed by atoms with van der Waals surface area (Å²) in [6.45, 7) is -0.651. The molecule has 0 saturated carbocycles. The zero-order valence-corrected chi connectivity index (χ0v) is 12.8. The highest BCUT2D eigenvalue weighted by Gasteiger charge is 2.45. The molecule has 3 heterocycles. The van der Waals surface area contributed by atoms with Crippen LogP contribution in [-0.4, -0.2) is 64.4 Å².